The third-order valence-corrected chi connectivity index (χ3v) is 5.29. The first kappa shape index (κ1) is 20.2. The van der Waals surface area contributed by atoms with Crippen molar-refractivity contribution in [1.82, 2.24) is 15.1 Å². The van der Waals surface area contributed by atoms with Gasteiger partial charge in [0.2, 0.25) is 11.8 Å². The number of nitrogens with zero attached hydrogens (tertiary/aromatic N) is 2. The summed E-state index contributed by atoms with van der Waals surface area (Å²) in [6, 6.07) is 8.61. The van der Waals surface area contributed by atoms with Crippen LogP contribution in [0.1, 0.15) is 33.6 Å². The van der Waals surface area contributed by atoms with E-state index in [0.717, 1.165) is 0 Å². The zero-order valence-electron chi connectivity index (χ0n) is 16.8. The van der Waals surface area contributed by atoms with Crippen LogP contribution in [0.3, 0.4) is 0 Å². The molecule has 2 heterocycles. The summed E-state index contributed by atoms with van der Waals surface area (Å²) in [4.78, 5) is 41.0. The molecule has 0 radical (unpaired) electrons. The molecule has 28 heavy (non-hydrogen) atoms. The molecule has 7 nitrogen and oxygen atoms in total. The van der Waals surface area contributed by atoms with Crippen LogP contribution in [0.25, 0.3) is 0 Å². The summed E-state index contributed by atoms with van der Waals surface area (Å²) in [7, 11) is 0. The largest absolute Gasteiger partial charge is 0.484 e. The van der Waals surface area contributed by atoms with Crippen LogP contribution in [0.2, 0.25) is 0 Å². The molecule has 1 aromatic rings. The average molecular weight is 387 g/mol. The highest BCUT2D eigenvalue weighted by Gasteiger charge is 2.47. The number of rotatable bonds is 6. The van der Waals surface area contributed by atoms with Crippen LogP contribution < -0.4 is 10.1 Å². The van der Waals surface area contributed by atoms with Crippen molar-refractivity contribution in [3.8, 4) is 5.75 Å². The number of fused-ring (bicyclic) bond motifs is 1. The van der Waals surface area contributed by atoms with Crippen LogP contribution in [0, 0.1) is 5.92 Å². The van der Waals surface area contributed by atoms with E-state index >= 15 is 0 Å². The fourth-order valence-corrected chi connectivity index (χ4v) is 4.13. The molecule has 0 bridgehead atoms. The van der Waals surface area contributed by atoms with Crippen molar-refractivity contribution in [2.75, 3.05) is 19.7 Å². The van der Waals surface area contributed by atoms with Crippen LogP contribution in [0.4, 0.5) is 0 Å². The molecule has 152 valence electrons. The Balaban J connectivity index is 1.71. The molecule has 3 amide bonds. The zero-order valence-corrected chi connectivity index (χ0v) is 16.8. The van der Waals surface area contributed by atoms with E-state index in [1.807, 2.05) is 36.9 Å². The van der Waals surface area contributed by atoms with Crippen molar-refractivity contribution in [1.29, 1.82) is 0 Å². The molecule has 2 fully saturated rings. The summed E-state index contributed by atoms with van der Waals surface area (Å²) in [5, 5.41) is 2.90. The lowest BCUT2D eigenvalue weighted by molar-refractivity contribution is -0.155. The van der Waals surface area contributed by atoms with Gasteiger partial charge >= 0.3 is 0 Å². The van der Waals surface area contributed by atoms with E-state index in [4.69, 9.17) is 4.74 Å². The minimum Gasteiger partial charge on any atom is -0.484 e. The normalized spacial score (nSPS) is 24.3. The molecule has 0 aliphatic carbocycles. The Hall–Kier alpha value is -2.57. The zero-order chi connectivity index (χ0) is 20.3. The van der Waals surface area contributed by atoms with E-state index in [0.29, 0.717) is 31.7 Å². The van der Waals surface area contributed by atoms with Gasteiger partial charge in [0, 0.05) is 26.1 Å². The number of nitrogens with one attached hydrogen (secondary N) is 1. The monoisotopic (exact) mass is 387 g/mol. The molecule has 3 atom stereocenters. The second-order valence-electron chi connectivity index (χ2n) is 8.07. The number of ether oxygens (including phenoxy) is 1. The highest BCUT2D eigenvalue weighted by Crippen LogP contribution is 2.29. The first-order valence-corrected chi connectivity index (χ1v) is 9.90. The Kier molecular flexibility index (Phi) is 6.21. The lowest BCUT2D eigenvalue weighted by Crippen LogP contribution is -2.62. The van der Waals surface area contributed by atoms with Crippen molar-refractivity contribution in [2.45, 2.75) is 51.7 Å². The van der Waals surface area contributed by atoms with Gasteiger partial charge in [-0.15, -0.1) is 0 Å². The van der Waals surface area contributed by atoms with Crippen LogP contribution in [0.5, 0.6) is 5.75 Å². The minimum absolute atomic E-state index is 0.0223. The number of benzene rings is 1. The fourth-order valence-electron chi connectivity index (χ4n) is 4.13. The van der Waals surface area contributed by atoms with E-state index < -0.39 is 6.04 Å². The van der Waals surface area contributed by atoms with Crippen molar-refractivity contribution in [3.05, 3.63) is 30.3 Å². The number of hydrogen-bond acceptors (Lipinski definition) is 4. The Morgan fingerprint density at radius 1 is 1.21 bits per heavy atom. The molecular formula is C21H29N3O4. The van der Waals surface area contributed by atoms with Gasteiger partial charge in [-0.25, -0.2) is 0 Å². The Morgan fingerprint density at radius 3 is 2.57 bits per heavy atom. The smallest absolute Gasteiger partial charge is 0.261 e. The molecule has 0 saturated carbocycles. The highest BCUT2D eigenvalue weighted by molar-refractivity contribution is 5.90. The summed E-state index contributed by atoms with van der Waals surface area (Å²) in [6.07, 6.45) is 1.28. The third kappa shape index (κ3) is 4.64. The lowest BCUT2D eigenvalue weighted by atomic mass is 9.97. The second kappa shape index (κ2) is 8.63. The van der Waals surface area contributed by atoms with E-state index in [2.05, 4.69) is 5.32 Å². The average Bonchev–Trinajstić information content (AvgIpc) is 3.04. The molecule has 7 heteroatoms. The van der Waals surface area contributed by atoms with E-state index in [1.165, 1.54) is 6.92 Å². The molecule has 1 aromatic carbocycles. The maximum absolute atomic E-state index is 13.1. The van der Waals surface area contributed by atoms with Gasteiger partial charge in [0.15, 0.2) is 6.61 Å². The van der Waals surface area contributed by atoms with Gasteiger partial charge in [-0.1, -0.05) is 32.0 Å². The van der Waals surface area contributed by atoms with Crippen LogP contribution >= 0.6 is 0 Å². The Bertz CT molecular complexity index is 722. The third-order valence-electron chi connectivity index (χ3n) is 5.29. The Labute approximate surface area is 166 Å². The number of para-hydroxylation sites is 1. The topological polar surface area (TPSA) is 79.0 Å². The van der Waals surface area contributed by atoms with Gasteiger partial charge in [-0.3, -0.25) is 14.4 Å². The maximum Gasteiger partial charge on any atom is 0.261 e. The maximum atomic E-state index is 13.1. The van der Waals surface area contributed by atoms with Crippen LogP contribution in [-0.2, 0) is 14.4 Å². The number of piperazine rings is 1. The van der Waals surface area contributed by atoms with Crippen LogP contribution in [0.15, 0.2) is 30.3 Å². The molecule has 1 N–H and O–H groups in total. The van der Waals surface area contributed by atoms with E-state index in [-0.39, 0.29) is 42.3 Å². The standard InChI is InChI=1S/C21H29N3O4/c1-14(2)9-19-21(27)23-11-16(22-15(3)25)10-17(23)12-24(19)20(26)13-28-18-7-5-4-6-8-18/h4-8,14,16-17,19H,9-13H2,1-3H3,(H,22,25)/t16-,17-,19-/m0/s1. The van der Waals surface area contributed by atoms with Gasteiger partial charge in [-0.05, 0) is 30.9 Å². The van der Waals surface area contributed by atoms with E-state index in [9.17, 15) is 14.4 Å². The van der Waals surface area contributed by atoms with Crippen molar-refractivity contribution >= 4 is 17.7 Å². The van der Waals surface area contributed by atoms with Gasteiger partial charge in [0.05, 0.1) is 6.04 Å². The molecular weight excluding hydrogens is 358 g/mol. The predicted octanol–water partition coefficient (Wildman–Crippen LogP) is 1.43. The molecule has 3 rings (SSSR count). The highest BCUT2D eigenvalue weighted by atomic mass is 16.5. The SMILES string of the molecule is CC(=O)N[C@H]1C[C@H]2CN(C(=O)COc3ccccc3)[C@@H](CC(C)C)C(=O)N2C1. The van der Waals surface area contributed by atoms with Gasteiger partial charge < -0.3 is 19.9 Å². The molecule has 2 aliphatic rings. The van der Waals surface area contributed by atoms with Crippen LogP contribution in [-0.4, -0.2) is 65.3 Å². The first-order chi connectivity index (χ1) is 13.3. The van der Waals surface area contributed by atoms with Crippen molar-refractivity contribution in [3.63, 3.8) is 0 Å². The number of hydrogen-bond donors (Lipinski definition) is 1. The summed E-state index contributed by atoms with van der Waals surface area (Å²) in [5.74, 6) is 0.619. The molecule has 0 unspecified atom stereocenters. The molecule has 0 spiro atoms. The fraction of sp³-hybridized carbons (Fsp3) is 0.571. The van der Waals surface area contributed by atoms with Gasteiger partial charge in [0.25, 0.3) is 5.91 Å². The minimum atomic E-state index is -0.473. The predicted molar refractivity (Wildman–Crippen MR) is 105 cm³/mol. The molecule has 0 aromatic heterocycles. The summed E-state index contributed by atoms with van der Waals surface area (Å²) in [5.41, 5.74) is 0. The summed E-state index contributed by atoms with van der Waals surface area (Å²) < 4.78 is 5.62. The summed E-state index contributed by atoms with van der Waals surface area (Å²) >= 11 is 0. The number of amides is 3. The quantitative estimate of drug-likeness (QED) is 0.801. The van der Waals surface area contributed by atoms with Gasteiger partial charge in [-0.2, -0.15) is 0 Å². The van der Waals surface area contributed by atoms with Crippen molar-refractivity contribution < 1.29 is 19.1 Å². The lowest BCUT2D eigenvalue weighted by Gasteiger charge is -2.43. The van der Waals surface area contributed by atoms with Crippen molar-refractivity contribution in [2.24, 2.45) is 5.92 Å². The second-order valence-corrected chi connectivity index (χ2v) is 8.07. The molecule has 2 aliphatic heterocycles. The first-order valence-electron chi connectivity index (χ1n) is 9.90. The molecule has 2 saturated heterocycles. The van der Waals surface area contributed by atoms with Gasteiger partial charge in [0.1, 0.15) is 11.8 Å². The number of carbonyl (C=O) groups excluding carboxylic acids is 3. The summed E-state index contributed by atoms with van der Waals surface area (Å²) in [6.45, 7) is 6.49. The van der Waals surface area contributed by atoms with E-state index in [1.54, 1.807) is 17.0 Å². The Morgan fingerprint density at radius 2 is 1.93 bits per heavy atom. The number of carbonyl (C=O) groups is 3.